The van der Waals surface area contributed by atoms with E-state index >= 15 is 0 Å². The highest BCUT2D eigenvalue weighted by molar-refractivity contribution is 7.90. The van der Waals surface area contributed by atoms with E-state index in [4.69, 9.17) is 5.21 Å². The Morgan fingerprint density at radius 2 is 1.68 bits per heavy atom. The minimum atomic E-state index is -3.34. The van der Waals surface area contributed by atoms with Gasteiger partial charge in [0.25, 0.3) is 0 Å². The third kappa shape index (κ3) is 10.1. The van der Waals surface area contributed by atoms with E-state index in [2.05, 4.69) is 10.6 Å². The SMILES string of the molecule is CC(C)C[C@@H](C(=O)N[C@H](CO)Cc1ccc(O)cc1)[C@@H](CNCS(C)(=O)=O)C(=O)NO. The van der Waals surface area contributed by atoms with Gasteiger partial charge in [-0.2, -0.15) is 0 Å². The Morgan fingerprint density at radius 3 is 2.16 bits per heavy atom. The fourth-order valence-electron chi connectivity index (χ4n) is 3.25. The van der Waals surface area contributed by atoms with Crippen molar-refractivity contribution >= 4 is 21.7 Å². The van der Waals surface area contributed by atoms with Crippen molar-refractivity contribution in [2.24, 2.45) is 17.8 Å². The predicted molar refractivity (Wildman–Crippen MR) is 115 cm³/mol. The number of hydrogen-bond donors (Lipinski definition) is 6. The van der Waals surface area contributed by atoms with E-state index in [0.29, 0.717) is 12.8 Å². The summed E-state index contributed by atoms with van der Waals surface area (Å²) >= 11 is 0. The standard InChI is InChI=1S/C20H33N3O7S/c1-13(2)8-17(18(20(27)23-28)10-21-12-31(3,29)30)19(26)22-15(11-24)9-14-4-6-16(25)7-5-14/h4-7,13,15,17-18,21,24-25,28H,8-12H2,1-3H3,(H,22,26)(H,23,27)/t15-,17+,18+/m0/s1. The van der Waals surface area contributed by atoms with Gasteiger partial charge in [-0.05, 0) is 36.5 Å². The minimum Gasteiger partial charge on any atom is -0.508 e. The Labute approximate surface area is 182 Å². The molecule has 0 bridgehead atoms. The molecular weight excluding hydrogens is 426 g/mol. The van der Waals surface area contributed by atoms with Crippen LogP contribution in [0.1, 0.15) is 25.8 Å². The number of carbonyl (C=O) groups excluding carboxylic acids is 2. The van der Waals surface area contributed by atoms with Crippen LogP contribution >= 0.6 is 0 Å². The molecule has 11 heteroatoms. The fraction of sp³-hybridized carbons (Fsp3) is 0.600. The van der Waals surface area contributed by atoms with Crippen molar-refractivity contribution < 1.29 is 33.4 Å². The van der Waals surface area contributed by atoms with Crippen molar-refractivity contribution in [2.75, 3.05) is 25.3 Å². The molecule has 0 fully saturated rings. The number of phenols is 1. The summed E-state index contributed by atoms with van der Waals surface area (Å²) in [6.45, 7) is 3.27. The van der Waals surface area contributed by atoms with E-state index in [1.54, 1.807) is 17.6 Å². The number of nitrogens with one attached hydrogen (secondary N) is 3. The molecule has 0 spiro atoms. The second-order valence-electron chi connectivity index (χ2n) is 8.10. The van der Waals surface area contributed by atoms with Crippen molar-refractivity contribution in [1.29, 1.82) is 0 Å². The summed E-state index contributed by atoms with van der Waals surface area (Å²) in [5.74, 6) is -3.43. The van der Waals surface area contributed by atoms with Gasteiger partial charge >= 0.3 is 0 Å². The largest absolute Gasteiger partial charge is 0.508 e. The quantitative estimate of drug-likeness (QED) is 0.174. The van der Waals surface area contributed by atoms with E-state index in [-0.39, 0.29) is 30.7 Å². The number of carbonyl (C=O) groups is 2. The molecule has 0 saturated carbocycles. The number of rotatable bonds is 13. The summed E-state index contributed by atoms with van der Waals surface area (Å²) in [4.78, 5) is 25.3. The van der Waals surface area contributed by atoms with Gasteiger partial charge in [0.1, 0.15) is 5.75 Å². The van der Waals surface area contributed by atoms with Gasteiger partial charge in [-0.25, -0.2) is 13.9 Å². The van der Waals surface area contributed by atoms with E-state index < -0.39 is 39.5 Å². The first-order valence-electron chi connectivity index (χ1n) is 9.98. The molecule has 0 radical (unpaired) electrons. The first-order chi connectivity index (χ1) is 14.5. The van der Waals surface area contributed by atoms with Crippen molar-refractivity contribution in [3.8, 4) is 5.75 Å². The third-order valence-corrected chi connectivity index (χ3v) is 5.44. The monoisotopic (exact) mass is 459 g/mol. The number of aliphatic hydroxyl groups excluding tert-OH is 1. The molecule has 0 aliphatic heterocycles. The maximum absolute atomic E-state index is 13.0. The second kappa shape index (κ2) is 12.6. The molecule has 1 aromatic carbocycles. The third-order valence-electron chi connectivity index (χ3n) is 4.71. The van der Waals surface area contributed by atoms with Gasteiger partial charge < -0.3 is 20.8 Å². The average molecular weight is 460 g/mol. The Morgan fingerprint density at radius 1 is 1.06 bits per heavy atom. The first-order valence-corrected chi connectivity index (χ1v) is 12.0. The summed E-state index contributed by atoms with van der Waals surface area (Å²) in [6, 6.07) is 5.72. The van der Waals surface area contributed by atoms with Crippen molar-refractivity contribution in [2.45, 2.75) is 32.7 Å². The Kier molecular flexibility index (Phi) is 10.9. The number of hydrogen-bond acceptors (Lipinski definition) is 8. The highest BCUT2D eigenvalue weighted by Crippen LogP contribution is 2.22. The zero-order chi connectivity index (χ0) is 23.6. The Balaban J connectivity index is 2.98. The van der Waals surface area contributed by atoms with Gasteiger partial charge in [0.15, 0.2) is 9.84 Å². The molecule has 0 aliphatic rings. The number of amides is 2. The maximum Gasteiger partial charge on any atom is 0.248 e. The summed E-state index contributed by atoms with van der Waals surface area (Å²) in [5, 5.41) is 33.6. The van der Waals surface area contributed by atoms with Crippen LogP contribution in [0.5, 0.6) is 5.75 Å². The topological polar surface area (TPSA) is 165 Å². The molecule has 176 valence electrons. The lowest BCUT2D eigenvalue weighted by molar-refractivity contribution is -0.141. The molecule has 10 nitrogen and oxygen atoms in total. The van der Waals surface area contributed by atoms with Crippen LogP contribution in [-0.2, 0) is 25.8 Å². The molecule has 1 rings (SSSR count). The van der Waals surface area contributed by atoms with Gasteiger partial charge in [0, 0.05) is 12.8 Å². The van der Waals surface area contributed by atoms with Crippen molar-refractivity contribution in [3.05, 3.63) is 29.8 Å². The van der Waals surface area contributed by atoms with Gasteiger partial charge in [-0.15, -0.1) is 0 Å². The zero-order valence-electron chi connectivity index (χ0n) is 18.0. The van der Waals surface area contributed by atoms with E-state index in [1.807, 2.05) is 13.8 Å². The molecule has 31 heavy (non-hydrogen) atoms. The Hall–Kier alpha value is -2.21. The van der Waals surface area contributed by atoms with Gasteiger partial charge in [0.05, 0.1) is 30.4 Å². The smallest absolute Gasteiger partial charge is 0.248 e. The summed E-state index contributed by atoms with van der Waals surface area (Å²) < 4.78 is 22.8. The first kappa shape index (κ1) is 26.8. The van der Waals surface area contributed by atoms with Crippen LogP contribution in [-0.4, -0.2) is 67.0 Å². The number of aromatic hydroxyl groups is 1. The minimum absolute atomic E-state index is 0.0318. The normalized spacial score (nSPS) is 14.6. The summed E-state index contributed by atoms with van der Waals surface area (Å²) in [7, 11) is -3.34. The molecule has 1 aromatic rings. The average Bonchev–Trinajstić information content (AvgIpc) is 2.69. The number of phenolic OH excluding ortho intramolecular Hbond substituents is 1. The molecule has 6 N–H and O–H groups in total. The Bertz CT molecular complexity index is 813. The van der Waals surface area contributed by atoms with Crippen LogP contribution in [0.4, 0.5) is 0 Å². The lowest BCUT2D eigenvalue weighted by Crippen LogP contribution is -2.49. The van der Waals surface area contributed by atoms with Crippen LogP contribution in [0.15, 0.2) is 24.3 Å². The molecule has 0 aromatic heterocycles. The maximum atomic E-state index is 13.0. The van der Waals surface area contributed by atoms with Crippen LogP contribution in [0.3, 0.4) is 0 Å². The number of benzene rings is 1. The lowest BCUT2D eigenvalue weighted by Gasteiger charge is -2.28. The van der Waals surface area contributed by atoms with Crippen LogP contribution < -0.4 is 16.1 Å². The zero-order valence-corrected chi connectivity index (χ0v) is 18.9. The number of sulfone groups is 1. The molecule has 0 saturated heterocycles. The van der Waals surface area contributed by atoms with E-state index in [9.17, 15) is 28.2 Å². The molecule has 0 unspecified atom stereocenters. The highest BCUT2D eigenvalue weighted by Gasteiger charge is 2.35. The second-order valence-corrected chi connectivity index (χ2v) is 10.2. The van der Waals surface area contributed by atoms with Crippen molar-refractivity contribution in [3.63, 3.8) is 0 Å². The number of hydroxylamine groups is 1. The fourth-order valence-corrected chi connectivity index (χ4v) is 3.74. The number of aliphatic hydroxyl groups is 1. The van der Waals surface area contributed by atoms with Gasteiger partial charge in [-0.1, -0.05) is 26.0 Å². The van der Waals surface area contributed by atoms with E-state index in [0.717, 1.165) is 11.8 Å². The molecule has 0 aliphatic carbocycles. The van der Waals surface area contributed by atoms with Crippen molar-refractivity contribution in [1.82, 2.24) is 16.1 Å². The molecule has 3 atom stereocenters. The molecule has 0 heterocycles. The molecule has 2 amide bonds. The van der Waals surface area contributed by atoms with Crippen LogP contribution in [0, 0.1) is 17.8 Å². The summed E-state index contributed by atoms with van der Waals surface area (Å²) in [6.07, 6.45) is 1.65. The molecular formula is C20H33N3O7S. The van der Waals surface area contributed by atoms with Crippen LogP contribution in [0.25, 0.3) is 0 Å². The highest BCUT2D eigenvalue weighted by atomic mass is 32.2. The van der Waals surface area contributed by atoms with Gasteiger partial charge in [0.2, 0.25) is 11.8 Å². The van der Waals surface area contributed by atoms with E-state index in [1.165, 1.54) is 12.1 Å². The lowest BCUT2D eigenvalue weighted by atomic mass is 9.83. The summed E-state index contributed by atoms with van der Waals surface area (Å²) in [5.41, 5.74) is 2.34. The van der Waals surface area contributed by atoms with Crippen LogP contribution in [0.2, 0.25) is 0 Å². The van der Waals surface area contributed by atoms with Gasteiger partial charge in [-0.3, -0.25) is 14.8 Å². The predicted octanol–water partition coefficient (Wildman–Crippen LogP) is -0.213.